The second-order valence-corrected chi connectivity index (χ2v) is 6.80. The highest BCUT2D eigenvalue weighted by Crippen LogP contribution is 2.34. The van der Waals surface area contributed by atoms with Crippen molar-refractivity contribution in [1.82, 2.24) is 0 Å². The molecule has 0 saturated carbocycles. The molecular weight excluding hydrogens is 328 g/mol. The molecule has 1 aromatic rings. The van der Waals surface area contributed by atoms with Gasteiger partial charge in [-0.1, -0.05) is 70.4 Å². The Morgan fingerprint density at radius 3 is 1.81 bits per heavy atom. The number of esters is 2. The largest absolute Gasteiger partial charge is 0.465 e. The highest BCUT2D eigenvalue weighted by molar-refractivity contribution is 6.00. The molecule has 0 bridgehead atoms. The first-order valence-corrected chi connectivity index (χ1v) is 9.99. The van der Waals surface area contributed by atoms with E-state index in [1.54, 1.807) is 0 Å². The Balaban J connectivity index is 2.96. The number of benzene rings is 1. The van der Waals surface area contributed by atoms with Crippen LogP contribution in [0, 0.1) is 5.41 Å². The molecule has 0 aliphatic heterocycles. The Morgan fingerprint density at radius 1 is 0.808 bits per heavy atom. The first-order valence-electron chi connectivity index (χ1n) is 9.99. The van der Waals surface area contributed by atoms with Crippen molar-refractivity contribution in [3.8, 4) is 0 Å². The molecule has 0 unspecified atom stereocenters. The second kappa shape index (κ2) is 12.5. The lowest BCUT2D eigenvalue weighted by Crippen LogP contribution is -2.42. The molecule has 0 spiro atoms. The molecule has 0 N–H and O–H groups in total. The highest BCUT2D eigenvalue weighted by Gasteiger charge is 2.47. The minimum atomic E-state index is -1.20. The molecule has 146 valence electrons. The van der Waals surface area contributed by atoms with Gasteiger partial charge in [0.2, 0.25) is 0 Å². The van der Waals surface area contributed by atoms with Crippen LogP contribution in [0.4, 0.5) is 0 Å². The molecule has 0 radical (unpaired) electrons. The van der Waals surface area contributed by atoms with Crippen molar-refractivity contribution >= 4 is 11.9 Å². The molecule has 1 rings (SSSR count). The average molecular weight is 363 g/mol. The van der Waals surface area contributed by atoms with Crippen LogP contribution in [0.25, 0.3) is 0 Å². The Labute approximate surface area is 158 Å². The van der Waals surface area contributed by atoms with Crippen molar-refractivity contribution in [2.45, 2.75) is 72.1 Å². The van der Waals surface area contributed by atoms with Gasteiger partial charge in [-0.15, -0.1) is 0 Å². The maximum Gasteiger partial charge on any atom is 0.323 e. The van der Waals surface area contributed by atoms with Gasteiger partial charge in [0.15, 0.2) is 5.41 Å². The van der Waals surface area contributed by atoms with Gasteiger partial charge in [-0.2, -0.15) is 0 Å². The van der Waals surface area contributed by atoms with Gasteiger partial charge in [-0.05, 0) is 37.7 Å². The average Bonchev–Trinajstić information content (AvgIpc) is 2.66. The number of hydrogen-bond acceptors (Lipinski definition) is 4. The van der Waals surface area contributed by atoms with E-state index in [4.69, 9.17) is 9.47 Å². The molecule has 0 fully saturated rings. The summed E-state index contributed by atoms with van der Waals surface area (Å²) >= 11 is 0. The summed E-state index contributed by atoms with van der Waals surface area (Å²) in [6.07, 6.45) is 5.73. The van der Waals surface area contributed by atoms with Crippen LogP contribution in [0.15, 0.2) is 30.3 Å². The molecule has 0 atom stereocenters. The number of ether oxygens (including phenoxy) is 2. The van der Waals surface area contributed by atoms with Gasteiger partial charge in [0.1, 0.15) is 0 Å². The number of carbonyl (C=O) groups is 2. The maximum absolute atomic E-state index is 12.9. The number of hydrogen-bond donors (Lipinski definition) is 0. The van der Waals surface area contributed by atoms with Crippen LogP contribution in [0.5, 0.6) is 0 Å². The van der Waals surface area contributed by atoms with Crippen molar-refractivity contribution in [2.24, 2.45) is 5.41 Å². The molecule has 4 heteroatoms. The molecule has 0 aliphatic carbocycles. The minimum Gasteiger partial charge on any atom is -0.465 e. The molecule has 0 aliphatic rings. The molecule has 26 heavy (non-hydrogen) atoms. The van der Waals surface area contributed by atoms with Crippen molar-refractivity contribution in [2.75, 3.05) is 13.2 Å². The summed E-state index contributed by atoms with van der Waals surface area (Å²) in [4.78, 5) is 25.8. The van der Waals surface area contributed by atoms with Crippen molar-refractivity contribution in [3.05, 3.63) is 35.9 Å². The number of aryl methyl sites for hydroxylation is 1. The van der Waals surface area contributed by atoms with Gasteiger partial charge >= 0.3 is 11.9 Å². The maximum atomic E-state index is 12.9. The van der Waals surface area contributed by atoms with Crippen LogP contribution in [-0.2, 0) is 25.5 Å². The van der Waals surface area contributed by atoms with Crippen molar-refractivity contribution in [3.63, 3.8) is 0 Å². The summed E-state index contributed by atoms with van der Waals surface area (Å²) in [6, 6.07) is 9.93. The molecule has 0 heterocycles. The van der Waals surface area contributed by atoms with Gasteiger partial charge < -0.3 is 9.47 Å². The van der Waals surface area contributed by atoms with Gasteiger partial charge in [0.05, 0.1) is 13.2 Å². The van der Waals surface area contributed by atoms with Crippen LogP contribution in [0.1, 0.15) is 71.3 Å². The second-order valence-electron chi connectivity index (χ2n) is 6.80. The van der Waals surface area contributed by atoms with E-state index in [0.29, 0.717) is 32.5 Å². The summed E-state index contributed by atoms with van der Waals surface area (Å²) in [6.45, 7) is 6.78. The minimum absolute atomic E-state index is 0.356. The van der Waals surface area contributed by atoms with Gasteiger partial charge in [-0.25, -0.2) is 0 Å². The van der Waals surface area contributed by atoms with Crippen molar-refractivity contribution < 1.29 is 19.1 Å². The highest BCUT2D eigenvalue weighted by atomic mass is 16.6. The van der Waals surface area contributed by atoms with Crippen LogP contribution >= 0.6 is 0 Å². The van der Waals surface area contributed by atoms with Crippen LogP contribution in [0.3, 0.4) is 0 Å². The molecular formula is C22H34O4. The Hall–Kier alpha value is -1.84. The summed E-state index contributed by atoms with van der Waals surface area (Å²) in [5.74, 6) is -0.851. The summed E-state index contributed by atoms with van der Waals surface area (Å²) in [5, 5.41) is 0. The Kier molecular flexibility index (Phi) is 10.7. The van der Waals surface area contributed by atoms with Crippen LogP contribution in [0.2, 0.25) is 0 Å². The van der Waals surface area contributed by atoms with E-state index in [1.165, 1.54) is 0 Å². The van der Waals surface area contributed by atoms with Gasteiger partial charge in [0.25, 0.3) is 0 Å². The summed E-state index contributed by atoms with van der Waals surface area (Å²) < 4.78 is 11.0. The molecule has 1 aromatic carbocycles. The normalized spacial score (nSPS) is 11.2. The summed E-state index contributed by atoms with van der Waals surface area (Å²) in [7, 11) is 0. The van der Waals surface area contributed by atoms with Crippen LogP contribution < -0.4 is 0 Å². The van der Waals surface area contributed by atoms with Crippen molar-refractivity contribution in [1.29, 1.82) is 0 Å². The number of rotatable bonds is 13. The topological polar surface area (TPSA) is 52.6 Å². The third-order valence-electron chi connectivity index (χ3n) is 4.60. The molecule has 4 nitrogen and oxygen atoms in total. The first kappa shape index (κ1) is 22.2. The fourth-order valence-corrected chi connectivity index (χ4v) is 2.94. The zero-order chi connectivity index (χ0) is 19.3. The Morgan fingerprint density at radius 2 is 1.35 bits per heavy atom. The van der Waals surface area contributed by atoms with E-state index in [0.717, 1.165) is 37.7 Å². The van der Waals surface area contributed by atoms with E-state index < -0.39 is 17.4 Å². The van der Waals surface area contributed by atoms with Gasteiger partial charge in [-0.3, -0.25) is 9.59 Å². The van der Waals surface area contributed by atoms with E-state index >= 15 is 0 Å². The number of unbranched alkanes of at least 4 members (excludes halogenated alkanes) is 2. The fourth-order valence-electron chi connectivity index (χ4n) is 2.94. The summed E-state index contributed by atoms with van der Waals surface area (Å²) in [5.41, 5.74) is -0.0952. The zero-order valence-electron chi connectivity index (χ0n) is 16.6. The quantitative estimate of drug-likeness (QED) is 0.278. The monoisotopic (exact) mass is 362 g/mol. The molecule has 0 amide bonds. The van der Waals surface area contributed by atoms with E-state index in [2.05, 4.69) is 0 Å². The molecule has 0 saturated heterocycles. The lowest BCUT2D eigenvalue weighted by Gasteiger charge is -2.29. The van der Waals surface area contributed by atoms with E-state index in [9.17, 15) is 9.59 Å². The smallest absolute Gasteiger partial charge is 0.323 e. The third-order valence-corrected chi connectivity index (χ3v) is 4.60. The SMILES string of the molecule is CCCCOC(=O)C(CCC)(CCc1ccccc1)C(=O)OCCCC. The Bertz CT molecular complexity index is 502. The predicted octanol–water partition coefficient (Wildman–Crippen LogP) is 5.09. The third kappa shape index (κ3) is 6.81. The fraction of sp³-hybridized carbons (Fsp3) is 0.636. The standard InChI is InChI=1S/C22H34O4/c1-4-7-17-25-20(23)22(15-6-3,21(24)26-18-8-5-2)16-14-19-12-10-9-11-13-19/h9-13H,4-8,14-18H2,1-3H3. The van der Waals surface area contributed by atoms with E-state index in [1.807, 2.05) is 51.1 Å². The first-order chi connectivity index (χ1) is 12.6. The number of carbonyl (C=O) groups excluding carboxylic acids is 2. The zero-order valence-corrected chi connectivity index (χ0v) is 16.6. The van der Waals surface area contributed by atoms with E-state index in [-0.39, 0.29) is 0 Å². The van der Waals surface area contributed by atoms with Crippen LogP contribution in [-0.4, -0.2) is 25.2 Å². The van der Waals surface area contributed by atoms with Gasteiger partial charge in [0, 0.05) is 0 Å². The lowest BCUT2D eigenvalue weighted by molar-refractivity contribution is -0.174. The molecule has 0 aromatic heterocycles. The lowest BCUT2D eigenvalue weighted by atomic mass is 9.78. The predicted molar refractivity (Wildman–Crippen MR) is 104 cm³/mol.